The zero-order valence-corrected chi connectivity index (χ0v) is 10.3. The van der Waals surface area contributed by atoms with Gasteiger partial charge < -0.3 is 10.4 Å². The normalized spacial score (nSPS) is 14.3. The molecular formula is C10H19NO3S. The average Bonchev–Trinajstić information content (AvgIpc) is 2.13. The van der Waals surface area contributed by atoms with E-state index in [1.165, 1.54) is 0 Å². The summed E-state index contributed by atoms with van der Waals surface area (Å²) >= 11 is 1.63. The molecule has 2 atom stereocenters. The number of rotatable bonds is 7. The number of carboxylic acids is 1. The molecule has 5 heteroatoms. The zero-order valence-electron chi connectivity index (χ0n) is 9.45. The highest BCUT2D eigenvalue weighted by molar-refractivity contribution is 7.98. The minimum atomic E-state index is -0.825. The molecule has 2 unspecified atom stereocenters. The van der Waals surface area contributed by atoms with Crippen molar-refractivity contribution in [3.63, 3.8) is 0 Å². The van der Waals surface area contributed by atoms with E-state index in [0.29, 0.717) is 6.54 Å². The molecule has 15 heavy (non-hydrogen) atoms. The average molecular weight is 233 g/mol. The molecule has 0 aromatic heterocycles. The molecule has 2 N–H and O–H groups in total. The van der Waals surface area contributed by atoms with Gasteiger partial charge in [0, 0.05) is 24.6 Å². The van der Waals surface area contributed by atoms with Crippen LogP contribution in [0.15, 0.2) is 0 Å². The molecule has 0 saturated heterocycles. The maximum Gasteiger partial charge on any atom is 0.303 e. The highest BCUT2D eigenvalue weighted by atomic mass is 32.2. The lowest BCUT2D eigenvalue weighted by Gasteiger charge is -2.13. The second kappa shape index (κ2) is 7.56. The van der Waals surface area contributed by atoms with E-state index in [-0.39, 0.29) is 24.2 Å². The Morgan fingerprint density at radius 1 is 1.40 bits per heavy atom. The molecule has 0 spiro atoms. The van der Waals surface area contributed by atoms with Crippen LogP contribution in [0.2, 0.25) is 0 Å². The number of aliphatic carboxylic acids is 1. The van der Waals surface area contributed by atoms with Crippen LogP contribution in [0.4, 0.5) is 0 Å². The monoisotopic (exact) mass is 233 g/mol. The lowest BCUT2D eigenvalue weighted by atomic mass is 10.1. The third kappa shape index (κ3) is 7.25. The van der Waals surface area contributed by atoms with Gasteiger partial charge in [-0.15, -0.1) is 0 Å². The van der Waals surface area contributed by atoms with Gasteiger partial charge in [0.2, 0.25) is 5.91 Å². The summed E-state index contributed by atoms with van der Waals surface area (Å²) in [7, 11) is 0. The van der Waals surface area contributed by atoms with Crippen LogP contribution in [0.25, 0.3) is 0 Å². The molecular weight excluding hydrogens is 214 g/mol. The van der Waals surface area contributed by atoms with Crippen molar-refractivity contribution in [3.05, 3.63) is 0 Å². The molecule has 1 amide bonds. The van der Waals surface area contributed by atoms with Crippen molar-refractivity contribution < 1.29 is 14.7 Å². The van der Waals surface area contributed by atoms with E-state index in [1.807, 2.05) is 20.1 Å². The van der Waals surface area contributed by atoms with E-state index in [0.717, 1.165) is 5.75 Å². The molecule has 0 aliphatic heterocycles. The Morgan fingerprint density at radius 3 is 2.47 bits per heavy atom. The number of hydrogen-bond donors (Lipinski definition) is 2. The predicted molar refractivity (Wildman–Crippen MR) is 62.0 cm³/mol. The molecule has 0 aliphatic carbocycles. The van der Waals surface area contributed by atoms with E-state index < -0.39 is 5.97 Å². The van der Waals surface area contributed by atoms with Crippen molar-refractivity contribution in [1.82, 2.24) is 5.32 Å². The summed E-state index contributed by atoms with van der Waals surface area (Å²) in [5.74, 6) is -0.0699. The largest absolute Gasteiger partial charge is 0.481 e. The highest BCUT2D eigenvalue weighted by Crippen LogP contribution is 2.05. The molecule has 0 rings (SSSR count). The summed E-state index contributed by atoms with van der Waals surface area (Å²) < 4.78 is 0. The van der Waals surface area contributed by atoms with Crippen molar-refractivity contribution in [3.8, 4) is 0 Å². The fraction of sp³-hybridized carbons (Fsp3) is 0.800. The van der Waals surface area contributed by atoms with Crippen LogP contribution in [-0.4, -0.2) is 35.5 Å². The van der Waals surface area contributed by atoms with Gasteiger partial charge in [0.05, 0.1) is 0 Å². The van der Waals surface area contributed by atoms with Gasteiger partial charge in [0.1, 0.15) is 0 Å². The number of nitrogens with one attached hydrogen (secondary N) is 1. The van der Waals surface area contributed by atoms with Crippen LogP contribution in [-0.2, 0) is 9.59 Å². The molecule has 0 fully saturated rings. The highest BCUT2D eigenvalue weighted by Gasteiger charge is 2.13. The van der Waals surface area contributed by atoms with Gasteiger partial charge >= 0.3 is 5.97 Å². The topological polar surface area (TPSA) is 66.4 Å². The van der Waals surface area contributed by atoms with Crippen molar-refractivity contribution in [2.45, 2.75) is 20.3 Å². The molecule has 0 saturated carbocycles. The second-order valence-corrected chi connectivity index (χ2v) is 4.72. The van der Waals surface area contributed by atoms with Crippen LogP contribution >= 0.6 is 11.8 Å². The molecule has 0 heterocycles. The molecule has 0 aromatic carbocycles. The molecule has 0 radical (unpaired) electrons. The number of carbonyl (C=O) groups excluding carboxylic acids is 1. The van der Waals surface area contributed by atoms with E-state index in [1.54, 1.807) is 11.8 Å². The Bertz CT molecular complexity index is 221. The second-order valence-electron chi connectivity index (χ2n) is 3.80. The van der Waals surface area contributed by atoms with E-state index in [9.17, 15) is 9.59 Å². The minimum Gasteiger partial charge on any atom is -0.481 e. The van der Waals surface area contributed by atoms with Crippen LogP contribution in [0.3, 0.4) is 0 Å². The van der Waals surface area contributed by atoms with Crippen LogP contribution in [0.5, 0.6) is 0 Å². The first-order chi connectivity index (χ1) is 6.97. The summed E-state index contributed by atoms with van der Waals surface area (Å²) in [5, 5.41) is 11.3. The quantitative estimate of drug-likeness (QED) is 0.693. The van der Waals surface area contributed by atoms with Crippen molar-refractivity contribution in [2.75, 3.05) is 18.6 Å². The zero-order chi connectivity index (χ0) is 11.8. The lowest BCUT2D eigenvalue weighted by molar-refractivity contribution is -0.138. The molecule has 0 aliphatic rings. The van der Waals surface area contributed by atoms with Crippen molar-refractivity contribution in [2.24, 2.45) is 11.8 Å². The molecule has 0 aromatic rings. The third-order valence-corrected chi connectivity index (χ3v) is 2.85. The third-order valence-electron chi connectivity index (χ3n) is 2.01. The van der Waals surface area contributed by atoms with Crippen molar-refractivity contribution >= 4 is 23.6 Å². The van der Waals surface area contributed by atoms with E-state index in [4.69, 9.17) is 5.11 Å². The fourth-order valence-corrected chi connectivity index (χ4v) is 1.80. The van der Waals surface area contributed by atoms with Crippen LogP contribution in [0, 0.1) is 11.8 Å². The lowest BCUT2D eigenvalue weighted by Crippen LogP contribution is -2.34. The van der Waals surface area contributed by atoms with E-state index >= 15 is 0 Å². The first-order valence-corrected chi connectivity index (χ1v) is 6.35. The summed E-state index contributed by atoms with van der Waals surface area (Å²) in [6, 6.07) is 0. The number of thioether (sulfide) groups is 1. The SMILES string of the molecule is CSCC(C)C(=O)NCC(C)CC(=O)O. The van der Waals surface area contributed by atoms with Gasteiger partial charge in [0.15, 0.2) is 0 Å². The van der Waals surface area contributed by atoms with Gasteiger partial charge in [-0.3, -0.25) is 9.59 Å². The van der Waals surface area contributed by atoms with Crippen LogP contribution < -0.4 is 5.32 Å². The first-order valence-electron chi connectivity index (χ1n) is 4.95. The van der Waals surface area contributed by atoms with Gasteiger partial charge in [0.25, 0.3) is 0 Å². The van der Waals surface area contributed by atoms with Gasteiger partial charge in [-0.1, -0.05) is 13.8 Å². The molecule has 88 valence electrons. The van der Waals surface area contributed by atoms with E-state index in [2.05, 4.69) is 5.32 Å². The predicted octanol–water partition coefficient (Wildman–Crippen LogP) is 1.21. The summed E-state index contributed by atoms with van der Waals surface area (Å²) in [4.78, 5) is 21.8. The Morgan fingerprint density at radius 2 is 2.00 bits per heavy atom. The maximum absolute atomic E-state index is 11.5. The Kier molecular flexibility index (Phi) is 7.21. The fourth-order valence-electron chi connectivity index (χ4n) is 1.15. The Hall–Kier alpha value is -0.710. The smallest absolute Gasteiger partial charge is 0.303 e. The minimum absolute atomic E-state index is 0.00147. The number of carbonyl (C=O) groups is 2. The Balaban J connectivity index is 3.74. The molecule has 4 nitrogen and oxygen atoms in total. The summed E-state index contributed by atoms with van der Waals surface area (Å²) in [5.41, 5.74) is 0. The number of amides is 1. The number of carboxylic acid groups (broad SMARTS) is 1. The van der Waals surface area contributed by atoms with Crippen molar-refractivity contribution in [1.29, 1.82) is 0 Å². The molecule has 0 bridgehead atoms. The standard InChI is InChI=1S/C10H19NO3S/c1-7(4-9(12)13)5-11-10(14)8(2)6-15-3/h7-8H,4-6H2,1-3H3,(H,11,14)(H,12,13). The van der Waals surface area contributed by atoms with Gasteiger partial charge in [-0.25, -0.2) is 0 Å². The summed E-state index contributed by atoms with van der Waals surface area (Å²) in [6.07, 6.45) is 2.05. The number of hydrogen-bond acceptors (Lipinski definition) is 3. The summed E-state index contributed by atoms with van der Waals surface area (Å²) in [6.45, 7) is 4.12. The maximum atomic E-state index is 11.5. The van der Waals surface area contributed by atoms with Gasteiger partial charge in [-0.2, -0.15) is 11.8 Å². The Labute approximate surface area is 94.8 Å². The van der Waals surface area contributed by atoms with Gasteiger partial charge in [-0.05, 0) is 12.2 Å². The first kappa shape index (κ1) is 14.3. The van der Waals surface area contributed by atoms with Crippen LogP contribution in [0.1, 0.15) is 20.3 Å².